The molecule has 3 N–H and O–H groups in total. The second kappa shape index (κ2) is 21.3. The van der Waals surface area contributed by atoms with Crippen molar-refractivity contribution in [2.45, 2.75) is 135 Å². The highest BCUT2D eigenvalue weighted by Crippen LogP contribution is 2.66. The first-order valence-electron chi connectivity index (χ1n) is 25.7. The van der Waals surface area contributed by atoms with Crippen LogP contribution in [0.1, 0.15) is 134 Å². The lowest BCUT2D eigenvalue weighted by Crippen LogP contribution is -2.46. The fourth-order valence-corrected chi connectivity index (χ4v) is 12.3. The van der Waals surface area contributed by atoms with Crippen LogP contribution in [0.4, 0.5) is 23.0 Å². The largest absolute Gasteiger partial charge is 0.494 e. The van der Waals surface area contributed by atoms with Crippen molar-refractivity contribution in [2.75, 3.05) is 61.9 Å². The molecule has 354 valence electrons. The van der Waals surface area contributed by atoms with Crippen molar-refractivity contribution in [1.29, 1.82) is 0 Å². The molecule has 6 fully saturated rings. The number of fused-ring (bicyclic) bond motifs is 1. The molecule has 0 spiro atoms. The van der Waals surface area contributed by atoms with Crippen LogP contribution in [0.2, 0.25) is 0 Å². The number of nitrogens with zero attached hydrogens (tertiary/aromatic N) is 5. The third kappa shape index (κ3) is 11.2. The zero-order valence-electron chi connectivity index (χ0n) is 39.8. The highest BCUT2D eigenvalue weighted by atomic mass is 16.5. The lowest BCUT2D eigenvalue weighted by molar-refractivity contribution is -0.124. The third-order valence-corrected chi connectivity index (χ3v) is 15.8. The summed E-state index contributed by atoms with van der Waals surface area (Å²) in [5.41, 5.74) is 4.57. The number of nitrogens with one attached hydrogen (secondary N) is 3. The number of hydrogen-bond acceptors (Lipinski definition) is 9. The number of carbonyl (C=O) groups is 2. The molecule has 5 aliphatic carbocycles. The molecule has 0 radical (unpaired) electrons. The monoisotopic (exact) mass is 899 g/mol. The second-order valence-electron chi connectivity index (χ2n) is 20.8. The predicted octanol–water partition coefficient (Wildman–Crippen LogP) is 10.3. The van der Waals surface area contributed by atoms with Crippen LogP contribution in [0.5, 0.6) is 5.75 Å². The Kier molecular flexibility index (Phi) is 14.9. The van der Waals surface area contributed by atoms with E-state index >= 15 is 0 Å². The number of hydrogen-bond donors (Lipinski definition) is 3. The molecule has 12 heteroatoms. The van der Waals surface area contributed by atoms with Gasteiger partial charge in [-0.2, -0.15) is 4.98 Å². The minimum atomic E-state index is -0.211. The van der Waals surface area contributed by atoms with Crippen LogP contribution in [-0.4, -0.2) is 77.6 Å². The van der Waals surface area contributed by atoms with Crippen LogP contribution in [-0.2, 0) is 9.59 Å². The van der Waals surface area contributed by atoms with E-state index in [9.17, 15) is 14.4 Å². The number of methoxy groups -OCH3 is 1. The first kappa shape index (κ1) is 46.2. The van der Waals surface area contributed by atoms with E-state index in [0.29, 0.717) is 40.0 Å². The Morgan fingerprint density at radius 3 is 2.20 bits per heavy atom. The molecule has 6 aliphatic rings. The average Bonchev–Trinajstić information content (AvgIpc) is 4.10. The van der Waals surface area contributed by atoms with E-state index in [2.05, 4.69) is 42.9 Å². The molecule has 2 aromatic carbocycles. The van der Waals surface area contributed by atoms with Crippen LogP contribution in [0.3, 0.4) is 0 Å². The number of anilines is 4. The zero-order chi connectivity index (χ0) is 45.5. The number of aromatic nitrogens is 3. The van der Waals surface area contributed by atoms with Crippen molar-refractivity contribution in [2.24, 2.45) is 29.1 Å². The Bertz CT molecular complexity index is 2360. The van der Waals surface area contributed by atoms with E-state index < -0.39 is 0 Å². The number of benzene rings is 2. The molecule has 1 aliphatic heterocycles. The molecular formula is C54H74N8O4. The van der Waals surface area contributed by atoms with Crippen molar-refractivity contribution >= 4 is 45.9 Å². The molecule has 3 heterocycles. The van der Waals surface area contributed by atoms with Crippen LogP contribution < -0.4 is 31.1 Å². The van der Waals surface area contributed by atoms with Gasteiger partial charge in [-0.3, -0.25) is 23.9 Å². The van der Waals surface area contributed by atoms with Gasteiger partial charge in [-0.1, -0.05) is 70.3 Å². The fraction of sp³-hybridized carbons (Fsp3) is 0.611. The number of rotatable bonds is 24. The summed E-state index contributed by atoms with van der Waals surface area (Å²) in [7, 11) is 1.68. The van der Waals surface area contributed by atoms with E-state index in [0.717, 1.165) is 98.5 Å². The zero-order valence-corrected chi connectivity index (χ0v) is 39.8. The van der Waals surface area contributed by atoms with Gasteiger partial charge in [-0.25, -0.2) is 4.98 Å². The molecule has 5 saturated carbocycles. The molecule has 2 amide bonds. The van der Waals surface area contributed by atoms with Crippen molar-refractivity contribution < 1.29 is 14.3 Å². The summed E-state index contributed by atoms with van der Waals surface area (Å²) in [5.74, 6) is 4.18. The fourth-order valence-electron chi connectivity index (χ4n) is 12.3. The van der Waals surface area contributed by atoms with Gasteiger partial charge in [-0.05, 0) is 130 Å². The summed E-state index contributed by atoms with van der Waals surface area (Å²) in [4.78, 5) is 53.2. The number of aryl methyl sites for hydroxylation is 1. The van der Waals surface area contributed by atoms with Crippen molar-refractivity contribution in [1.82, 2.24) is 24.8 Å². The Balaban J connectivity index is 0.640. The maximum atomic E-state index is 13.5. The Morgan fingerprint density at radius 1 is 0.803 bits per heavy atom. The van der Waals surface area contributed by atoms with Gasteiger partial charge in [0.1, 0.15) is 5.75 Å². The number of ether oxygens (including phenoxy) is 1. The molecule has 12 nitrogen and oxygen atoms in total. The van der Waals surface area contributed by atoms with Crippen LogP contribution in [0, 0.1) is 36.0 Å². The predicted molar refractivity (Wildman–Crippen MR) is 265 cm³/mol. The van der Waals surface area contributed by atoms with Gasteiger partial charge in [-0.15, -0.1) is 0 Å². The maximum Gasteiger partial charge on any atom is 0.257 e. The number of carbonyl (C=O) groups excluding carboxylic acids is 2. The van der Waals surface area contributed by atoms with Gasteiger partial charge in [0.2, 0.25) is 17.8 Å². The van der Waals surface area contributed by atoms with Crippen molar-refractivity contribution in [3.8, 4) is 11.4 Å². The van der Waals surface area contributed by atoms with Gasteiger partial charge >= 0.3 is 0 Å². The van der Waals surface area contributed by atoms with Crippen molar-refractivity contribution in [3.05, 3.63) is 70.6 Å². The smallest absolute Gasteiger partial charge is 0.257 e. The first-order chi connectivity index (χ1) is 32.2. The molecule has 1 saturated heterocycles. The van der Waals surface area contributed by atoms with E-state index in [1.54, 1.807) is 23.9 Å². The van der Waals surface area contributed by atoms with Crippen LogP contribution in [0.15, 0.2) is 59.5 Å². The number of unbranched alkanes of at least 4 members (excludes halogenated alkanes) is 11. The molecule has 2 unspecified atom stereocenters. The van der Waals surface area contributed by atoms with Gasteiger partial charge in [0, 0.05) is 80.2 Å². The highest BCUT2D eigenvalue weighted by molar-refractivity contribution is 5.94. The van der Waals surface area contributed by atoms with Crippen LogP contribution >= 0.6 is 0 Å². The summed E-state index contributed by atoms with van der Waals surface area (Å²) >= 11 is 0. The molecule has 66 heavy (non-hydrogen) atoms. The minimum Gasteiger partial charge on any atom is -0.494 e. The van der Waals surface area contributed by atoms with E-state index in [4.69, 9.17) is 9.72 Å². The molecule has 10 rings (SSSR count). The summed E-state index contributed by atoms with van der Waals surface area (Å²) in [6.07, 6.45) is 27.1. The Morgan fingerprint density at radius 2 is 1.50 bits per heavy atom. The number of piperazine rings is 1. The molecule has 2 aromatic heterocycles. The first-order valence-corrected chi connectivity index (χ1v) is 25.7. The summed E-state index contributed by atoms with van der Waals surface area (Å²) < 4.78 is 7.44. The van der Waals surface area contributed by atoms with E-state index in [-0.39, 0.29) is 17.4 Å². The quantitative estimate of drug-likeness (QED) is 0.0588. The SMILES string of the molecule is COc1cc(N2CCN(CCCCCCCCCCCCCCNC(=O)CC34CC5CC(CC3C5)C4)CC2)ccc1Nc1ncc2c(C)cc(=O)n(-c3cccc(NC(=O)C4CC4)c3)c2n1. The minimum absolute atomic E-state index is 0.0150. The Hall–Kier alpha value is -4.97. The lowest BCUT2D eigenvalue weighted by Gasteiger charge is -2.36. The lowest BCUT2D eigenvalue weighted by atomic mass is 9.73. The normalized spacial score (nSPS) is 22.3. The highest BCUT2D eigenvalue weighted by Gasteiger charge is 2.58. The summed E-state index contributed by atoms with van der Waals surface area (Å²) in [6.45, 7) is 8.00. The molecule has 4 aromatic rings. The number of amides is 2. The van der Waals surface area contributed by atoms with Crippen LogP contribution in [0.25, 0.3) is 16.7 Å². The van der Waals surface area contributed by atoms with Gasteiger partial charge in [0.15, 0.2) is 5.65 Å². The van der Waals surface area contributed by atoms with Gasteiger partial charge in [0.25, 0.3) is 5.56 Å². The maximum absolute atomic E-state index is 13.5. The standard InChI is InChI=1S/C54H74N8O4/c1-38-28-50(64)62(45-17-15-16-43(32-45)57-52(65)41-18-19-41)51-46(38)37-56-53(59-51)58-47-21-20-44(33-48(47)66-2)61-26-24-60(25-27-61)23-14-12-10-8-6-4-3-5-7-9-11-13-22-55-49(63)36-54-34-39-29-40(35-54)31-42(54)30-39/h15-17,20-21,28,32-33,37,39-42H,3-14,18-19,22-27,29-31,34-36H2,1-2H3,(H,55,63)(H,57,65)(H,56,58,59). The third-order valence-electron chi connectivity index (χ3n) is 15.8. The van der Waals surface area contributed by atoms with Gasteiger partial charge in [0.05, 0.1) is 18.5 Å². The van der Waals surface area contributed by atoms with E-state index in [1.807, 2.05) is 37.3 Å². The average molecular weight is 899 g/mol. The second-order valence-corrected chi connectivity index (χ2v) is 20.8. The summed E-state index contributed by atoms with van der Waals surface area (Å²) in [6, 6.07) is 15.1. The summed E-state index contributed by atoms with van der Waals surface area (Å²) in [5, 5.41) is 10.4. The van der Waals surface area contributed by atoms with E-state index in [1.165, 1.54) is 109 Å². The topological polar surface area (TPSA) is 134 Å². The molecule has 2 atom stereocenters. The van der Waals surface area contributed by atoms with Gasteiger partial charge < -0.3 is 25.6 Å². The van der Waals surface area contributed by atoms with Crippen molar-refractivity contribution in [3.63, 3.8) is 0 Å². The number of pyridine rings is 1. The molecular weight excluding hydrogens is 825 g/mol. The Labute approximate surface area is 392 Å². The molecule has 4 bridgehead atoms.